The maximum absolute atomic E-state index is 12.6. The van der Waals surface area contributed by atoms with E-state index in [1.54, 1.807) is 24.3 Å². The zero-order chi connectivity index (χ0) is 21.3. The Kier molecular flexibility index (Phi) is 6.95. The van der Waals surface area contributed by atoms with Crippen molar-refractivity contribution in [1.29, 1.82) is 0 Å². The van der Waals surface area contributed by atoms with Crippen LogP contribution in [0.5, 0.6) is 0 Å². The number of anilines is 1. The van der Waals surface area contributed by atoms with Gasteiger partial charge in [0.2, 0.25) is 0 Å². The van der Waals surface area contributed by atoms with Gasteiger partial charge in [-0.15, -0.1) is 0 Å². The highest BCUT2D eigenvalue weighted by Crippen LogP contribution is 2.15. The molecule has 0 saturated carbocycles. The quantitative estimate of drug-likeness (QED) is 0.555. The van der Waals surface area contributed by atoms with E-state index in [0.717, 1.165) is 16.7 Å². The molecule has 3 rings (SSSR count). The minimum atomic E-state index is -0.829. The third-order valence-corrected chi connectivity index (χ3v) is 4.50. The number of carbonyl (C=O) groups excluding carboxylic acids is 3. The maximum Gasteiger partial charge on any atom is 0.313 e. The molecule has 6 nitrogen and oxygen atoms in total. The molecule has 3 amide bonds. The van der Waals surface area contributed by atoms with Crippen LogP contribution in [0.1, 0.15) is 27.0 Å². The number of benzene rings is 3. The molecule has 0 unspecified atom stereocenters. The van der Waals surface area contributed by atoms with Gasteiger partial charge in [-0.25, -0.2) is 0 Å². The van der Waals surface area contributed by atoms with E-state index in [1.807, 2.05) is 61.5 Å². The number of para-hydroxylation sites is 1. The second kappa shape index (κ2) is 10.0. The van der Waals surface area contributed by atoms with Crippen LogP contribution in [0, 0.1) is 6.92 Å². The van der Waals surface area contributed by atoms with E-state index in [2.05, 4.69) is 16.0 Å². The van der Waals surface area contributed by atoms with Gasteiger partial charge in [0.1, 0.15) is 0 Å². The summed E-state index contributed by atoms with van der Waals surface area (Å²) in [5, 5.41) is 7.92. The van der Waals surface area contributed by atoms with Crippen LogP contribution in [-0.4, -0.2) is 17.7 Å². The summed E-state index contributed by atoms with van der Waals surface area (Å²) in [4.78, 5) is 37.0. The first-order valence-corrected chi connectivity index (χ1v) is 9.59. The largest absolute Gasteiger partial charge is 0.348 e. The lowest BCUT2D eigenvalue weighted by molar-refractivity contribution is -0.136. The Morgan fingerprint density at radius 2 is 1.27 bits per heavy atom. The van der Waals surface area contributed by atoms with E-state index >= 15 is 0 Å². The summed E-state index contributed by atoms with van der Waals surface area (Å²) in [6.07, 6.45) is 0. The van der Waals surface area contributed by atoms with Crippen molar-refractivity contribution in [2.24, 2.45) is 0 Å². The Morgan fingerprint density at radius 3 is 2.00 bits per heavy atom. The van der Waals surface area contributed by atoms with Crippen molar-refractivity contribution in [3.05, 3.63) is 101 Å². The Morgan fingerprint density at radius 1 is 0.667 bits per heavy atom. The Hall–Kier alpha value is -3.93. The minimum absolute atomic E-state index is 0.242. The smallest absolute Gasteiger partial charge is 0.313 e. The third kappa shape index (κ3) is 5.78. The first-order chi connectivity index (χ1) is 14.5. The summed E-state index contributed by atoms with van der Waals surface area (Å²) >= 11 is 0. The monoisotopic (exact) mass is 401 g/mol. The van der Waals surface area contributed by atoms with Crippen LogP contribution in [-0.2, 0) is 22.7 Å². The third-order valence-electron chi connectivity index (χ3n) is 4.50. The molecule has 6 heteroatoms. The molecular formula is C24H23N3O3. The fourth-order valence-corrected chi connectivity index (χ4v) is 2.81. The molecule has 0 aliphatic rings. The molecule has 0 atom stereocenters. The first kappa shape index (κ1) is 20.8. The van der Waals surface area contributed by atoms with Crippen LogP contribution in [0.4, 0.5) is 5.69 Å². The van der Waals surface area contributed by atoms with E-state index in [0.29, 0.717) is 6.54 Å². The van der Waals surface area contributed by atoms with Crippen LogP contribution < -0.4 is 16.0 Å². The van der Waals surface area contributed by atoms with E-state index in [1.165, 1.54) is 0 Å². The van der Waals surface area contributed by atoms with Crippen LogP contribution in [0.15, 0.2) is 78.9 Å². The van der Waals surface area contributed by atoms with E-state index in [4.69, 9.17) is 0 Å². The molecule has 3 N–H and O–H groups in total. The predicted octanol–water partition coefficient (Wildman–Crippen LogP) is 3.18. The second-order valence-electron chi connectivity index (χ2n) is 6.84. The molecule has 0 heterocycles. The number of nitrogens with one attached hydrogen (secondary N) is 3. The lowest BCUT2D eigenvalue weighted by atomic mass is 10.1. The predicted molar refractivity (Wildman–Crippen MR) is 116 cm³/mol. The lowest BCUT2D eigenvalue weighted by Crippen LogP contribution is -2.35. The molecule has 0 aliphatic carbocycles. The summed E-state index contributed by atoms with van der Waals surface area (Å²) in [5.41, 5.74) is 3.56. The van der Waals surface area contributed by atoms with Crippen LogP contribution in [0.2, 0.25) is 0 Å². The zero-order valence-electron chi connectivity index (χ0n) is 16.6. The van der Waals surface area contributed by atoms with Crippen molar-refractivity contribution in [3.63, 3.8) is 0 Å². The lowest BCUT2D eigenvalue weighted by Gasteiger charge is -2.12. The SMILES string of the molecule is Cc1ccc(CNC(=O)c2ccccc2NC(=O)C(=O)NCc2ccccc2)cc1. The van der Waals surface area contributed by atoms with Gasteiger partial charge in [-0.1, -0.05) is 72.3 Å². The average Bonchev–Trinajstić information content (AvgIpc) is 2.78. The van der Waals surface area contributed by atoms with Gasteiger partial charge in [-0.3, -0.25) is 14.4 Å². The standard InChI is InChI=1S/C24H23N3O3/c1-17-11-13-19(14-12-17)16-25-22(28)20-9-5-6-10-21(20)27-24(30)23(29)26-15-18-7-3-2-4-8-18/h2-14H,15-16H2,1H3,(H,25,28)(H,26,29)(H,27,30). The fourth-order valence-electron chi connectivity index (χ4n) is 2.81. The van der Waals surface area contributed by atoms with Crippen LogP contribution >= 0.6 is 0 Å². The normalized spacial score (nSPS) is 10.2. The Labute approximate surface area is 175 Å². The van der Waals surface area contributed by atoms with Gasteiger partial charge >= 0.3 is 11.8 Å². The number of rotatable bonds is 6. The minimum Gasteiger partial charge on any atom is -0.348 e. The fraction of sp³-hybridized carbons (Fsp3) is 0.125. The van der Waals surface area contributed by atoms with E-state index in [-0.39, 0.29) is 23.7 Å². The van der Waals surface area contributed by atoms with Gasteiger partial charge in [0.05, 0.1) is 11.3 Å². The molecule has 3 aromatic rings. The number of aryl methyl sites for hydroxylation is 1. The van der Waals surface area contributed by atoms with Crippen molar-refractivity contribution in [1.82, 2.24) is 10.6 Å². The molecule has 30 heavy (non-hydrogen) atoms. The zero-order valence-corrected chi connectivity index (χ0v) is 16.6. The summed E-state index contributed by atoms with van der Waals surface area (Å²) in [5.74, 6) is -1.94. The highest BCUT2D eigenvalue weighted by molar-refractivity contribution is 6.40. The van der Waals surface area contributed by atoms with E-state index < -0.39 is 11.8 Å². The molecule has 152 valence electrons. The van der Waals surface area contributed by atoms with Crippen molar-refractivity contribution < 1.29 is 14.4 Å². The number of hydrogen-bond donors (Lipinski definition) is 3. The van der Waals surface area contributed by atoms with Gasteiger partial charge < -0.3 is 16.0 Å². The maximum atomic E-state index is 12.6. The van der Waals surface area contributed by atoms with Gasteiger partial charge in [-0.05, 0) is 30.2 Å². The molecule has 0 spiro atoms. The molecule has 0 bridgehead atoms. The number of hydrogen-bond acceptors (Lipinski definition) is 3. The Bertz CT molecular complexity index is 1030. The summed E-state index contributed by atoms with van der Waals surface area (Å²) < 4.78 is 0. The first-order valence-electron chi connectivity index (χ1n) is 9.59. The van der Waals surface area contributed by atoms with Crippen LogP contribution in [0.3, 0.4) is 0 Å². The molecular weight excluding hydrogens is 378 g/mol. The molecule has 3 aromatic carbocycles. The highest BCUT2D eigenvalue weighted by atomic mass is 16.2. The molecule has 0 aromatic heterocycles. The summed E-state index contributed by atoms with van der Waals surface area (Å²) in [6.45, 7) is 2.60. The molecule has 0 radical (unpaired) electrons. The van der Waals surface area contributed by atoms with Crippen molar-refractivity contribution in [2.75, 3.05) is 5.32 Å². The van der Waals surface area contributed by atoms with E-state index in [9.17, 15) is 14.4 Å². The molecule has 0 fully saturated rings. The van der Waals surface area contributed by atoms with Gasteiger partial charge in [0.25, 0.3) is 5.91 Å². The topological polar surface area (TPSA) is 87.3 Å². The molecule has 0 saturated heterocycles. The average molecular weight is 401 g/mol. The van der Waals surface area contributed by atoms with Gasteiger partial charge in [0.15, 0.2) is 0 Å². The second-order valence-corrected chi connectivity index (χ2v) is 6.84. The van der Waals surface area contributed by atoms with Gasteiger partial charge in [-0.2, -0.15) is 0 Å². The Balaban J connectivity index is 1.59. The van der Waals surface area contributed by atoms with Gasteiger partial charge in [0, 0.05) is 13.1 Å². The van der Waals surface area contributed by atoms with Crippen LogP contribution in [0.25, 0.3) is 0 Å². The summed E-state index contributed by atoms with van der Waals surface area (Å²) in [6, 6.07) is 23.7. The summed E-state index contributed by atoms with van der Waals surface area (Å²) in [7, 11) is 0. The van der Waals surface area contributed by atoms with Crippen molar-refractivity contribution in [2.45, 2.75) is 20.0 Å². The molecule has 0 aliphatic heterocycles. The van der Waals surface area contributed by atoms with Crippen molar-refractivity contribution >= 4 is 23.4 Å². The number of amides is 3. The highest BCUT2D eigenvalue weighted by Gasteiger charge is 2.17. The van der Waals surface area contributed by atoms with Crippen molar-refractivity contribution in [3.8, 4) is 0 Å². The number of carbonyl (C=O) groups is 3.